The number of nitro benzene ring substituents is 1. The maximum atomic E-state index is 11.8. The number of nitro groups is 1. The molecule has 0 amide bonds. The molecule has 0 saturated carbocycles. The van der Waals surface area contributed by atoms with Crippen LogP contribution in [0.3, 0.4) is 0 Å². The van der Waals surface area contributed by atoms with Crippen LogP contribution in [-0.4, -0.2) is 24.4 Å². The number of ketones is 1. The number of hydrogen-bond donors (Lipinski definition) is 1. The van der Waals surface area contributed by atoms with E-state index < -0.39 is 4.92 Å². The Morgan fingerprint density at radius 2 is 2.24 bits per heavy atom. The minimum atomic E-state index is -0.541. The number of likely N-dealkylation sites (N-methyl/N-ethyl adjacent to an activating group) is 1. The highest BCUT2D eigenvalue weighted by atomic mass is 16.6. The SMILES string of the molecule is CNC1=CC(=O)c2cc([N+](=O)[O-])ccc2OC1. The number of nitrogens with zero attached hydrogens (tertiary/aromatic N) is 1. The van der Waals surface area contributed by atoms with E-state index in [1.807, 2.05) is 0 Å². The van der Waals surface area contributed by atoms with Gasteiger partial charge in [0.05, 0.1) is 16.2 Å². The van der Waals surface area contributed by atoms with Crippen molar-refractivity contribution in [2.45, 2.75) is 0 Å². The lowest BCUT2D eigenvalue weighted by Gasteiger charge is -2.07. The second-order valence-electron chi connectivity index (χ2n) is 3.51. The standard InChI is InChI=1S/C11H10N2O4/c1-12-7-4-10(14)9-5-8(13(15)16)2-3-11(9)17-6-7/h2-5,12H,6H2,1H3. The van der Waals surface area contributed by atoms with Gasteiger partial charge in [-0.1, -0.05) is 0 Å². The zero-order valence-electron chi connectivity index (χ0n) is 9.10. The Hall–Kier alpha value is -2.37. The zero-order valence-corrected chi connectivity index (χ0v) is 9.10. The molecule has 0 saturated heterocycles. The van der Waals surface area contributed by atoms with E-state index >= 15 is 0 Å². The van der Waals surface area contributed by atoms with E-state index in [-0.39, 0.29) is 23.6 Å². The zero-order chi connectivity index (χ0) is 12.4. The smallest absolute Gasteiger partial charge is 0.270 e. The summed E-state index contributed by atoms with van der Waals surface area (Å²) < 4.78 is 5.38. The lowest BCUT2D eigenvalue weighted by molar-refractivity contribution is -0.384. The summed E-state index contributed by atoms with van der Waals surface area (Å²) in [5, 5.41) is 13.5. The van der Waals surface area contributed by atoms with Gasteiger partial charge in [-0.25, -0.2) is 0 Å². The Balaban J connectivity index is 2.47. The predicted molar refractivity (Wildman–Crippen MR) is 60.1 cm³/mol. The first-order chi connectivity index (χ1) is 8.11. The maximum Gasteiger partial charge on any atom is 0.270 e. The number of non-ortho nitro benzene ring substituents is 1. The molecule has 1 aliphatic heterocycles. The van der Waals surface area contributed by atoms with E-state index in [4.69, 9.17) is 4.74 Å². The van der Waals surface area contributed by atoms with E-state index in [2.05, 4.69) is 5.32 Å². The maximum absolute atomic E-state index is 11.8. The Kier molecular flexibility index (Phi) is 2.78. The van der Waals surface area contributed by atoms with Gasteiger partial charge in [0.15, 0.2) is 5.78 Å². The van der Waals surface area contributed by atoms with E-state index in [9.17, 15) is 14.9 Å². The lowest BCUT2D eigenvalue weighted by atomic mass is 10.1. The van der Waals surface area contributed by atoms with E-state index in [0.29, 0.717) is 11.4 Å². The summed E-state index contributed by atoms with van der Waals surface area (Å²) in [6.07, 6.45) is 1.38. The number of ether oxygens (including phenoxy) is 1. The normalized spacial score (nSPS) is 14.2. The highest BCUT2D eigenvalue weighted by molar-refractivity contribution is 6.07. The Morgan fingerprint density at radius 1 is 1.47 bits per heavy atom. The van der Waals surface area contributed by atoms with Gasteiger partial charge in [0.25, 0.3) is 5.69 Å². The van der Waals surface area contributed by atoms with Crippen LogP contribution in [0.15, 0.2) is 30.0 Å². The largest absolute Gasteiger partial charge is 0.487 e. The fourth-order valence-corrected chi connectivity index (χ4v) is 1.53. The molecule has 0 aromatic heterocycles. The molecule has 0 atom stereocenters. The molecule has 1 N–H and O–H groups in total. The molecule has 1 aliphatic rings. The highest BCUT2D eigenvalue weighted by Gasteiger charge is 2.19. The molecular formula is C11H10N2O4. The van der Waals surface area contributed by atoms with Gasteiger partial charge < -0.3 is 10.1 Å². The molecule has 0 radical (unpaired) electrons. The van der Waals surface area contributed by atoms with E-state index in [1.165, 1.54) is 24.3 Å². The van der Waals surface area contributed by atoms with Gasteiger partial charge >= 0.3 is 0 Å². The van der Waals surface area contributed by atoms with Crippen molar-refractivity contribution >= 4 is 11.5 Å². The van der Waals surface area contributed by atoms with Crippen molar-refractivity contribution < 1.29 is 14.5 Å². The van der Waals surface area contributed by atoms with Crippen LogP contribution in [-0.2, 0) is 0 Å². The Morgan fingerprint density at radius 3 is 2.88 bits per heavy atom. The summed E-state index contributed by atoms with van der Waals surface area (Å²) in [7, 11) is 1.68. The first-order valence-corrected chi connectivity index (χ1v) is 4.95. The quantitative estimate of drug-likeness (QED) is 0.615. The fraction of sp³-hybridized carbons (Fsp3) is 0.182. The lowest BCUT2D eigenvalue weighted by Crippen LogP contribution is -2.13. The number of nitrogens with one attached hydrogen (secondary N) is 1. The summed E-state index contributed by atoms with van der Waals surface area (Å²) in [6, 6.07) is 3.99. The molecule has 88 valence electrons. The Labute approximate surface area is 97.0 Å². The average Bonchev–Trinajstić information content (AvgIpc) is 2.48. The van der Waals surface area contributed by atoms with Crippen LogP contribution in [0.2, 0.25) is 0 Å². The summed E-state index contributed by atoms with van der Waals surface area (Å²) in [5.41, 5.74) is 0.723. The summed E-state index contributed by atoms with van der Waals surface area (Å²) >= 11 is 0. The van der Waals surface area contributed by atoms with Crippen molar-refractivity contribution in [3.63, 3.8) is 0 Å². The predicted octanol–water partition coefficient (Wildman–Crippen LogP) is 1.27. The third-order valence-corrected chi connectivity index (χ3v) is 2.45. The number of carbonyl (C=O) groups excluding carboxylic acids is 1. The molecule has 0 spiro atoms. The number of rotatable bonds is 2. The van der Waals surface area contributed by atoms with Gasteiger partial charge in [-0.15, -0.1) is 0 Å². The summed E-state index contributed by atoms with van der Waals surface area (Å²) in [6.45, 7) is 0.243. The van der Waals surface area contributed by atoms with Gasteiger partial charge in [-0.2, -0.15) is 0 Å². The average molecular weight is 234 g/mol. The van der Waals surface area contributed by atoms with Gasteiger partial charge in [0, 0.05) is 25.3 Å². The molecule has 6 heteroatoms. The topological polar surface area (TPSA) is 81.5 Å². The monoisotopic (exact) mass is 234 g/mol. The fourth-order valence-electron chi connectivity index (χ4n) is 1.53. The molecular weight excluding hydrogens is 224 g/mol. The molecule has 2 rings (SSSR count). The molecule has 0 fully saturated rings. The van der Waals surface area contributed by atoms with Gasteiger partial charge in [-0.3, -0.25) is 14.9 Å². The van der Waals surface area contributed by atoms with Crippen molar-refractivity contribution in [3.8, 4) is 5.75 Å². The number of carbonyl (C=O) groups is 1. The van der Waals surface area contributed by atoms with Crippen LogP contribution in [0.1, 0.15) is 10.4 Å². The third-order valence-electron chi connectivity index (χ3n) is 2.45. The second-order valence-corrected chi connectivity index (χ2v) is 3.51. The first kappa shape index (κ1) is 11.1. The number of fused-ring (bicyclic) bond motifs is 1. The Bertz CT molecular complexity index is 522. The van der Waals surface area contributed by atoms with Gasteiger partial charge in [0.1, 0.15) is 12.4 Å². The van der Waals surface area contributed by atoms with Gasteiger partial charge in [0.2, 0.25) is 0 Å². The van der Waals surface area contributed by atoms with E-state index in [0.717, 1.165) is 0 Å². The van der Waals surface area contributed by atoms with Crippen LogP contribution in [0.25, 0.3) is 0 Å². The summed E-state index contributed by atoms with van der Waals surface area (Å²) in [5.74, 6) is 0.0626. The minimum Gasteiger partial charge on any atom is -0.487 e. The summed E-state index contributed by atoms with van der Waals surface area (Å²) in [4.78, 5) is 21.9. The molecule has 0 bridgehead atoms. The van der Waals surface area contributed by atoms with Crippen LogP contribution in [0, 0.1) is 10.1 Å². The third kappa shape index (κ3) is 2.10. The first-order valence-electron chi connectivity index (χ1n) is 4.95. The van der Waals surface area contributed by atoms with Crippen molar-refractivity contribution in [2.75, 3.05) is 13.7 Å². The van der Waals surface area contributed by atoms with Crippen LogP contribution in [0.5, 0.6) is 5.75 Å². The molecule has 0 unspecified atom stereocenters. The molecule has 0 aliphatic carbocycles. The molecule has 1 aromatic carbocycles. The molecule has 6 nitrogen and oxygen atoms in total. The van der Waals surface area contributed by atoms with Crippen LogP contribution in [0.4, 0.5) is 5.69 Å². The van der Waals surface area contributed by atoms with Crippen molar-refractivity contribution in [1.82, 2.24) is 5.32 Å². The highest BCUT2D eigenvalue weighted by Crippen LogP contribution is 2.27. The number of allylic oxidation sites excluding steroid dienone is 1. The van der Waals surface area contributed by atoms with Crippen LogP contribution < -0.4 is 10.1 Å². The molecule has 1 aromatic rings. The van der Waals surface area contributed by atoms with Crippen molar-refractivity contribution in [2.24, 2.45) is 0 Å². The van der Waals surface area contributed by atoms with Crippen LogP contribution >= 0.6 is 0 Å². The van der Waals surface area contributed by atoms with Crippen molar-refractivity contribution in [3.05, 3.63) is 45.6 Å². The molecule has 1 heterocycles. The number of benzene rings is 1. The minimum absolute atomic E-state index is 0.123. The number of hydrogen-bond acceptors (Lipinski definition) is 5. The van der Waals surface area contributed by atoms with E-state index in [1.54, 1.807) is 7.05 Å². The second kappa shape index (κ2) is 4.25. The van der Waals surface area contributed by atoms with Gasteiger partial charge in [-0.05, 0) is 6.07 Å². The van der Waals surface area contributed by atoms with Crippen molar-refractivity contribution in [1.29, 1.82) is 0 Å². The molecule has 17 heavy (non-hydrogen) atoms.